The van der Waals surface area contributed by atoms with Gasteiger partial charge < -0.3 is 29.8 Å². The molecule has 10 nitrogen and oxygen atoms in total. The number of benzene rings is 1. The number of aldehydes is 1. The van der Waals surface area contributed by atoms with Crippen LogP contribution in [0.25, 0.3) is 6.08 Å². The van der Waals surface area contributed by atoms with E-state index in [0.717, 1.165) is 52.2 Å². The maximum Gasteiger partial charge on any atom is 0.249 e. The Hall–Kier alpha value is -4.03. The molecule has 0 saturated heterocycles. The zero-order chi connectivity index (χ0) is 31.8. The third-order valence-corrected chi connectivity index (χ3v) is 7.19. The lowest BCUT2D eigenvalue weighted by Crippen LogP contribution is -2.46. The van der Waals surface area contributed by atoms with Crippen LogP contribution in [-0.2, 0) is 22.6 Å². The molecular weight excluding hydrogens is 564 g/mol. The molecular formula is C32H42N6O4S. The number of aromatic nitrogens is 2. The number of amides is 1. The number of aryl methyl sites for hydroxylation is 1. The number of pyridine rings is 1. The van der Waals surface area contributed by atoms with E-state index < -0.39 is 18.6 Å². The number of amidine groups is 1. The molecule has 0 aliphatic heterocycles. The number of rotatable bonds is 15. The van der Waals surface area contributed by atoms with Crippen molar-refractivity contribution in [1.82, 2.24) is 24.5 Å². The summed E-state index contributed by atoms with van der Waals surface area (Å²) < 4.78 is 3.16. The highest BCUT2D eigenvalue weighted by Crippen LogP contribution is 2.20. The molecule has 0 saturated carbocycles. The fraction of sp³-hybridized carbons (Fsp3) is 0.312. The van der Waals surface area contributed by atoms with Crippen molar-refractivity contribution in [2.45, 2.75) is 37.9 Å². The molecule has 0 spiro atoms. The van der Waals surface area contributed by atoms with Crippen LogP contribution < -0.4 is 4.72 Å². The van der Waals surface area contributed by atoms with E-state index in [4.69, 9.17) is 10.5 Å². The molecule has 11 heteroatoms. The lowest BCUT2D eigenvalue weighted by atomic mass is 10.1. The van der Waals surface area contributed by atoms with Gasteiger partial charge in [-0.3, -0.25) is 19.9 Å². The smallest absolute Gasteiger partial charge is 0.249 e. The Labute approximate surface area is 258 Å². The summed E-state index contributed by atoms with van der Waals surface area (Å²) in [6.45, 7) is 8.09. The molecule has 43 heavy (non-hydrogen) atoms. The second-order valence-electron chi connectivity index (χ2n) is 9.78. The zero-order valence-corrected chi connectivity index (χ0v) is 26.0. The molecule has 3 rings (SSSR count). The SMILES string of the molecule is C=C(C)/C=C\c1[nH]c(SNCC(C=O)N(Cc2ccc(C(=N)N(C)CCc3ccccn3)cc2)C(=O)CO)cc1C.CO. The van der Waals surface area contributed by atoms with Crippen LogP contribution in [0.2, 0.25) is 0 Å². The summed E-state index contributed by atoms with van der Waals surface area (Å²) >= 11 is 1.33. The number of aromatic amines is 1. The molecule has 0 bridgehead atoms. The van der Waals surface area contributed by atoms with Gasteiger partial charge in [-0.2, -0.15) is 0 Å². The van der Waals surface area contributed by atoms with E-state index in [1.807, 2.05) is 86.5 Å². The first-order chi connectivity index (χ1) is 20.7. The number of H-pyrrole nitrogens is 1. The minimum Gasteiger partial charge on any atom is -0.400 e. The highest BCUT2D eigenvalue weighted by molar-refractivity contribution is 7.97. The van der Waals surface area contributed by atoms with Crippen molar-refractivity contribution in [1.29, 1.82) is 5.41 Å². The van der Waals surface area contributed by atoms with Gasteiger partial charge in [-0.05, 0) is 61.2 Å². The van der Waals surface area contributed by atoms with E-state index in [-0.39, 0.29) is 13.1 Å². The van der Waals surface area contributed by atoms with Gasteiger partial charge in [-0.1, -0.05) is 48.6 Å². The summed E-state index contributed by atoms with van der Waals surface area (Å²) in [4.78, 5) is 35.5. The fourth-order valence-corrected chi connectivity index (χ4v) is 4.84. The second kappa shape index (κ2) is 18.5. The van der Waals surface area contributed by atoms with Crippen LogP contribution in [-0.4, -0.2) is 87.9 Å². The number of hydrogen-bond acceptors (Lipinski definition) is 8. The number of allylic oxidation sites excluding steroid dienone is 2. The van der Waals surface area contributed by atoms with E-state index in [0.29, 0.717) is 18.7 Å². The predicted molar refractivity (Wildman–Crippen MR) is 173 cm³/mol. The van der Waals surface area contributed by atoms with Crippen molar-refractivity contribution in [3.05, 3.63) is 101 Å². The lowest BCUT2D eigenvalue weighted by Gasteiger charge is -2.28. The van der Waals surface area contributed by atoms with Crippen molar-refractivity contribution in [2.24, 2.45) is 0 Å². The maximum absolute atomic E-state index is 12.6. The van der Waals surface area contributed by atoms with E-state index in [1.54, 1.807) is 6.20 Å². The van der Waals surface area contributed by atoms with Gasteiger partial charge in [-0.15, -0.1) is 0 Å². The summed E-state index contributed by atoms with van der Waals surface area (Å²) in [6.07, 6.45) is 7.09. The molecule has 1 aromatic carbocycles. The van der Waals surface area contributed by atoms with Crippen LogP contribution in [0, 0.1) is 12.3 Å². The van der Waals surface area contributed by atoms with Crippen LogP contribution in [0.5, 0.6) is 0 Å². The van der Waals surface area contributed by atoms with E-state index in [2.05, 4.69) is 21.3 Å². The zero-order valence-electron chi connectivity index (χ0n) is 25.2. The highest BCUT2D eigenvalue weighted by Gasteiger charge is 2.23. The summed E-state index contributed by atoms with van der Waals surface area (Å²) in [6, 6.07) is 14.3. The Balaban J connectivity index is 0.00000316. The van der Waals surface area contributed by atoms with Crippen molar-refractivity contribution in [3.63, 3.8) is 0 Å². The number of aliphatic hydroxyl groups is 2. The normalized spacial score (nSPS) is 11.4. The number of likely N-dealkylation sites (N-methyl/N-ethyl adjacent to an activating group) is 1. The molecule has 2 heterocycles. The molecule has 2 aromatic heterocycles. The van der Waals surface area contributed by atoms with Crippen LogP contribution in [0.4, 0.5) is 0 Å². The number of nitrogens with zero attached hydrogens (tertiary/aromatic N) is 3. The van der Waals surface area contributed by atoms with E-state index in [1.165, 1.54) is 16.8 Å². The average Bonchev–Trinajstić information content (AvgIpc) is 3.39. The lowest BCUT2D eigenvalue weighted by molar-refractivity contribution is -0.139. The van der Waals surface area contributed by atoms with Gasteiger partial charge in [0.05, 0.1) is 5.03 Å². The topological polar surface area (TPSA) is 146 Å². The number of carbonyl (C=O) groups is 2. The molecule has 0 radical (unpaired) electrons. The molecule has 230 valence electrons. The molecule has 0 aliphatic rings. The van der Waals surface area contributed by atoms with Crippen molar-refractivity contribution in [3.8, 4) is 0 Å². The standard InChI is InChI=1S/C31H38N6O3S.CH4O/c1-22(2)8-13-28-23(3)17-29(35-28)41-34-18-27(20-38)37(30(40)21-39)19-24-9-11-25(12-10-24)31(32)36(4)16-14-26-7-5-6-15-33-26;1-2/h5-13,15,17,20,27,32,34-35,39H,1,14,16,18-19,21H2,2-4H3;2H,1H3/b13-8-,32-31?;. The Bertz CT molecular complexity index is 1360. The van der Waals surface area contributed by atoms with Gasteiger partial charge in [0.1, 0.15) is 24.8 Å². The summed E-state index contributed by atoms with van der Waals surface area (Å²) in [5.74, 6) is -0.163. The van der Waals surface area contributed by atoms with Gasteiger partial charge in [0.25, 0.3) is 0 Å². The second-order valence-corrected chi connectivity index (χ2v) is 10.7. The molecule has 5 N–H and O–H groups in total. The largest absolute Gasteiger partial charge is 0.400 e. The molecule has 3 aromatic rings. The Morgan fingerprint density at radius 3 is 2.56 bits per heavy atom. The van der Waals surface area contributed by atoms with E-state index >= 15 is 0 Å². The van der Waals surface area contributed by atoms with Crippen LogP contribution in [0.15, 0.2) is 78.0 Å². The van der Waals surface area contributed by atoms with Crippen LogP contribution in [0.1, 0.15) is 35.0 Å². The van der Waals surface area contributed by atoms with Crippen molar-refractivity contribution >= 4 is 36.1 Å². The van der Waals surface area contributed by atoms with Gasteiger partial charge >= 0.3 is 0 Å². The Kier molecular flexibility index (Phi) is 15.1. The van der Waals surface area contributed by atoms with Crippen LogP contribution in [0.3, 0.4) is 0 Å². The summed E-state index contributed by atoms with van der Waals surface area (Å²) in [7, 11) is 2.87. The fourth-order valence-electron chi connectivity index (χ4n) is 4.04. The third kappa shape index (κ3) is 11.3. The monoisotopic (exact) mass is 606 g/mol. The quantitative estimate of drug-likeness (QED) is 0.0580. The number of nitrogens with one attached hydrogen (secondary N) is 3. The molecule has 0 aliphatic carbocycles. The summed E-state index contributed by atoms with van der Waals surface area (Å²) in [5, 5.41) is 26.0. The first-order valence-corrected chi connectivity index (χ1v) is 14.6. The van der Waals surface area contributed by atoms with Crippen LogP contribution >= 0.6 is 11.9 Å². The molecule has 1 amide bonds. The Morgan fingerprint density at radius 1 is 1.23 bits per heavy atom. The molecule has 0 fully saturated rings. The predicted octanol–water partition coefficient (Wildman–Crippen LogP) is 3.60. The Morgan fingerprint density at radius 2 is 1.95 bits per heavy atom. The highest BCUT2D eigenvalue weighted by atomic mass is 32.2. The number of hydrogen-bond donors (Lipinski definition) is 5. The third-order valence-electron chi connectivity index (χ3n) is 6.44. The van der Waals surface area contributed by atoms with Crippen molar-refractivity contribution in [2.75, 3.05) is 33.9 Å². The van der Waals surface area contributed by atoms with Gasteiger partial charge in [-0.25, -0.2) is 0 Å². The number of aliphatic hydroxyl groups excluding tert-OH is 2. The summed E-state index contributed by atoms with van der Waals surface area (Å²) in [5.41, 5.74) is 5.49. The minimum atomic E-state index is -0.781. The molecule has 1 unspecified atom stereocenters. The number of carbonyl (C=O) groups excluding carboxylic acids is 2. The first-order valence-electron chi connectivity index (χ1n) is 13.7. The maximum atomic E-state index is 12.6. The first kappa shape index (κ1) is 35.2. The van der Waals surface area contributed by atoms with Gasteiger partial charge in [0.15, 0.2) is 0 Å². The average molecular weight is 607 g/mol. The van der Waals surface area contributed by atoms with Gasteiger partial charge in [0, 0.05) is 63.4 Å². The van der Waals surface area contributed by atoms with E-state index in [9.17, 15) is 14.7 Å². The van der Waals surface area contributed by atoms with Gasteiger partial charge in [0.2, 0.25) is 5.91 Å². The van der Waals surface area contributed by atoms with Crippen molar-refractivity contribution < 1.29 is 19.8 Å². The minimum absolute atomic E-state index is 0.149. The molecule has 1 atom stereocenters.